The number of carboxylic acid groups (broad SMARTS) is 1. The van der Waals surface area contributed by atoms with Gasteiger partial charge in [0, 0.05) is 31.7 Å². The van der Waals surface area contributed by atoms with Crippen LogP contribution in [0.2, 0.25) is 0 Å². The van der Waals surface area contributed by atoms with Crippen molar-refractivity contribution in [3.05, 3.63) is 0 Å². The van der Waals surface area contributed by atoms with Gasteiger partial charge in [-0.25, -0.2) is 0 Å². The fourth-order valence-electron chi connectivity index (χ4n) is 2.34. The van der Waals surface area contributed by atoms with E-state index in [0.717, 1.165) is 0 Å². The highest BCUT2D eigenvalue weighted by Gasteiger charge is 2.35. The highest BCUT2D eigenvalue weighted by atomic mass is 32.2. The van der Waals surface area contributed by atoms with E-state index in [9.17, 15) is 14.4 Å². The number of hydrogen-bond acceptors (Lipinski definition) is 4. The van der Waals surface area contributed by atoms with Crippen LogP contribution >= 0.6 is 11.8 Å². The number of unbranched alkanes of at least 4 members (excludes halogenated alkanes) is 1. The summed E-state index contributed by atoms with van der Waals surface area (Å²) in [6.07, 6.45) is 1.45. The molecule has 1 heterocycles. The van der Waals surface area contributed by atoms with Crippen LogP contribution in [-0.2, 0) is 14.4 Å². The summed E-state index contributed by atoms with van der Waals surface area (Å²) in [5.74, 6) is 0.333. The van der Waals surface area contributed by atoms with Crippen LogP contribution < -0.4 is 0 Å². The lowest BCUT2D eigenvalue weighted by atomic mass is 10.1. The molecule has 1 unspecified atom stereocenters. The highest BCUT2D eigenvalue weighted by molar-refractivity contribution is 7.99. The van der Waals surface area contributed by atoms with Gasteiger partial charge in [0.1, 0.15) is 6.04 Å². The lowest BCUT2D eigenvalue weighted by Crippen LogP contribution is -2.48. The normalized spacial score (nSPS) is 17.8. The summed E-state index contributed by atoms with van der Waals surface area (Å²) < 4.78 is 0. The lowest BCUT2D eigenvalue weighted by molar-refractivity contribution is -0.143. The van der Waals surface area contributed by atoms with Gasteiger partial charge in [-0.2, -0.15) is 0 Å². The van der Waals surface area contributed by atoms with E-state index in [4.69, 9.17) is 5.11 Å². The third kappa shape index (κ3) is 5.22. The second-order valence-electron chi connectivity index (χ2n) is 4.99. The van der Waals surface area contributed by atoms with Crippen molar-refractivity contribution in [2.45, 2.75) is 45.6 Å². The molecule has 120 valence electrons. The first-order valence-corrected chi connectivity index (χ1v) is 8.54. The molecule has 0 aliphatic carbocycles. The van der Waals surface area contributed by atoms with E-state index >= 15 is 0 Å². The van der Waals surface area contributed by atoms with Gasteiger partial charge >= 0.3 is 5.97 Å². The Hall–Kier alpha value is -1.24. The molecule has 0 spiro atoms. The Morgan fingerprint density at radius 1 is 1.19 bits per heavy atom. The standard InChI is InChI=1S/C14H24N2O4S/c1-3-15(4-2)14(20)11-9-21-10-16(11)12(17)7-5-6-8-13(18)19/h11H,3-10H2,1-2H3,(H,18,19). The van der Waals surface area contributed by atoms with E-state index in [0.29, 0.717) is 44.0 Å². The van der Waals surface area contributed by atoms with E-state index < -0.39 is 5.97 Å². The van der Waals surface area contributed by atoms with Crippen molar-refractivity contribution in [3.63, 3.8) is 0 Å². The fraction of sp³-hybridized carbons (Fsp3) is 0.786. The maximum atomic E-state index is 12.4. The number of carboxylic acids is 1. The molecule has 6 nitrogen and oxygen atoms in total. The second kappa shape index (κ2) is 8.92. The molecule has 1 N–H and O–H groups in total. The maximum Gasteiger partial charge on any atom is 0.303 e. The Labute approximate surface area is 129 Å². The molecule has 21 heavy (non-hydrogen) atoms. The molecule has 1 atom stereocenters. The lowest BCUT2D eigenvalue weighted by Gasteiger charge is -2.28. The molecule has 0 saturated carbocycles. The number of aliphatic carboxylic acids is 1. The molecule has 0 aromatic carbocycles. The van der Waals surface area contributed by atoms with Gasteiger partial charge in [-0.1, -0.05) is 0 Å². The number of rotatable bonds is 8. The average Bonchev–Trinajstić information content (AvgIpc) is 2.93. The number of hydrogen-bond donors (Lipinski definition) is 1. The van der Waals surface area contributed by atoms with Crippen LogP contribution in [0.5, 0.6) is 0 Å². The SMILES string of the molecule is CCN(CC)C(=O)C1CSCN1C(=O)CCCCC(=O)O. The molecule has 1 aliphatic heterocycles. The Balaban J connectivity index is 2.50. The molecule has 2 amide bonds. The molecule has 1 fully saturated rings. The zero-order valence-electron chi connectivity index (χ0n) is 12.7. The summed E-state index contributed by atoms with van der Waals surface area (Å²) in [6.45, 7) is 5.16. The first kappa shape index (κ1) is 17.8. The summed E-state index contributed by atoms with van der Waals surface area (Å²) in [4.78, 5) is 38.4. The molecular weight excluding hydrogens is 292 g/mol. The minimum absolute atomic E-state index is 0.0175. The van der Waals surface area contributed by atoms with Gasteiger partial charge in [0.15, 0.2) is 0 Å². The van der Waals surface area contributed by atoms with Gasteiger partial charge in [-0.15, -0.1) is 11.8 Å². The molecule has 1 aliphatic rings. The third-order valence-electron chi connectivity index (χ3n) is 3.59. The van der Waals surface area contributed by atoms with Gasteiger partial charge in [0.2, 0.25) is 11.8 Å². The minimum Gasteiger partial charge on any atom is -0.481 e. The van der Waals surface area contributed by atoms with Crippen molar-refractivity contribution >= 4 is 29.5 Å². The zero-order chi connectivity index (χ0) is 15.8. The smallest absolute Gasteiger partial charge is 0.303 e. The second-order valence-corrected chi connectivity index (χ2v) is 5.99. The number of carbonyl (C=O) groups excluding carboxylic acids is 2. The molecule has 1 saturated heterocycles. The number of nitrogens with zero attached hydrogens (tertiary/aromatic N) is 2. The topological polar surface area (TPSA) is 77.9 Å². The summed E-state index contributed by atoms with van der Waals surface area (Å²) in [6, 6.07) is -0.359. The van der Waals surface area contributed by atoms with E-state index in [1.165, 1.54) is 0 Å². The van der Waals surface area contributed by atoms with Crippen LogP contribution in [-0.4, -0.2) is 63.5 Å². The maximum absolute atomic E-state index is 12.4. The van der Waals surface area contributed by atoms with E-state index in [2.05, 4.69) is 0 Å². The number of likely N-dealkylation sites (N-methyl/N-ethyl adjacent to an activating group) is 1. The predicted octanol–water partition coefficient (Wildman–Crippen LogP) is 1.40. The molecule has 7 heteroatoms. The molecule has 1 rings (SSSR count). The zero-order valence-corrected chi connectivity index (χ0v) is 13.5. The summed E-state index contributed by atoms with van der Waals surface area (Å²) in [7, 11) is 0. The van der Waals surface area contributed by atoms with Gasteiger partial charge in [-0.05, 0) is 26.7 Å². The monoisotopic (exact) mass is 316 g/mol. The van der Waals surface area contributed by atoms with Crippen molar-refractivity contribution in [2.24, 2.45) is 0 Å². The molecule has 0 aromatic heterocycles. The van der Waals surface area contributed by atoms with E-state index in [1.807, 2.05) is 13.8 Å². The highest BCUT2D eigenvalue weighted by Crippen LogP contribution is 2.24. The molecular formula is C14H24N2O4S. The van der Waals surface area contributed by atoms with Gasteiger partial charge in [-0.3, -0.25) is 14.4 Å². The van der Waals surface area contributed by atoms with E-state index in [-0.39, 0.29) is 24.3 Å². The van der Waals surface area contributed by atoms with Gasteiger partial charge < -0.3 is 14.9 Å². The first-order chi connectivity index (χ1) is 10.0. The Kier molecular flexibility index (Phi) is 7.56. The third-order valence-corrected chi connectivity index (χ3v) is 4.61. The van der Waals surface area contributed by atoms with Crippen LogP contribution in [0.25, 0.3) is 0 Å². The first-order valence-electron chi connectivity index (χ1n) is 7.39. The van der Waals surface area contributed by atoms with Crippen molar-refractivity contribution in [1.29, 1.82) is 0 Å². The van der Waals surface area contributed by atoms with Crippen LogP contribution in [0.4, 0.5) is 0 Å². The summed E-state index contributed by atoms with van der Waals surface area (Å²) >= 11 is 1.59. The van der Waals surface area contributed by atoms with Crippen LogP contribution in [0.3, 0.4) is 0 Å². The van der Waals surface area contributed by atoms with Crippen LogP contribution in [0.15, 0.2) is 0 Å². The van der Waals surface area contributed by atoms with Crippen molar-refractivity contribution in [1.82, 2.24) is 9.80 Å². The molecule has 0 bridgehead atoms. The van der Waals surface area contributed by atoms with Crippen LogP contribution in [0.1, 0.15) is 39.5 Å². The Bertz CT molecular complexity index is 385. The number of amides is 2. The van der Waals surface area contributed by atoms with Crippen molar-refractivity contribution in [3.8, 4) is 0 Å². The van der Waals surface area contributed by atoms with Crippen molar-refractivity contribution in [2.75, 3.05) is 24.7 Å². The van der Waals surface area contributed by atoms with Crippen molar-refractivity contribution < 1.29 is 19.5 Å². The Morgan fingerprint density at radius 2 is 1.81 bits per heavy atom. The van der Waals surface area contributed by atoms with E-state index in [1.54, 1.807) is 21.6 Å². The predicted molar refractivity (Wildman–Crippen MR) is 82.0 cm³/mol. The van der Waals surface area contributed by atoms with Crippen LogP contribution in [0, 0.1) is 0 Å². The number of thioether (sulfide) groups is 1. The summed E-state index contributed by atoms with van der Waals surface area (Å²) in [5.41, 5.74) is 0. The van der Waals surface area contributed by atoms with Gasteiger partial charge in [0.05, 0.1) is 5.88 Å². The molecule has 0 aromatic rings. The quantitative estimate of drug-likeness (QED) is 0.685. The average molecular weight is 316 g/mol. The minimum atomic E-state index is -0.839. The fourth-order valence-corrected chi connectivity index (χ4v) is 3.51. The molecule has 0 radical (unpaired) electrons. The largest absolute Gasteiger partial charge is 0.481 e. The number of carbonyl (C=O) groups is 3. The summed E-state index contributed by atoms with van der Waals surface area (Å²) in [5, 5.41) is 8.57. The Morgan fingerprint density at radius 3 is 2.38 bits per heavy atom. The van der Waals surface area contributed by atoms with Gasteiger partial charge in [0.25, 0.3) is 0 Å².